The van der Waals surface area contributed by atoms with E-state index in [2.05, 4.69) is 53.8 Å². The molecule has 0 aliphatic rings. The first-order chi connectivity index (χ1) is 9.63. The van der Waals surface area contributed by atoms with Crippen molar-refractivity contribution >= 4 is 15.9 Å². The maximum absolute atomic E-state index is 5.80. The zero-order valence-corrected chi connectivity index (χ0v) is 14.2. The van der Waals surface area contributed by atoms with Gasteiger partial charge in [-0.3, -0.25) is 0 Å². The Morgan fingerprint density at radius 2 is 2.10 bits per heavy atom. The van der Waals surface area contributed by atoms with Crippen LogP contribution in [0, 0.1) is 0 Å². The van der Waals surface area contributed by atoms with Crippen LogP contribution in [0.25, 0.3) is 0 Å². The van der Waals surface area contributed by atoms with Gasteiger partial charge in [0.25, 0.3) is 0 Å². The molecule has 2 nitrogen and oxygen atoms in total. The zero-order valence-electron chi connectivity index (χ0n) is 12.6. The van der Waals surface area contributed by atoms with Crippen molar-refractivity contribution in [2.45, 2.75) is 52.1 Å². The lowest BCUT2D eigenvalue weighted by Crippen LogP contribution is -2.21. The number of unbranched alkanes of at least 4 members (excludes halogenated alkanes) is 3. The molecule has 0 saturated heterocycles. The largest absolute Gasteiger partial charge is 0.492 e. The van der Waals surface area contributed by atoms with Gasteiger partial charge < -0.3 is 10.1 Å². The normalized spacial score (nSPS) is 10.8. The summed E-state index contributed by atoms with van der Waals surface area (Å²) < 4.78 is 6.84. The lowest BCUT2D eigenvalue weighted by atomic mass is 10.2. The van der Waals surface area contributed by atoms with Crippen LogP contribution in [-0.4, -0.2) is 12.6 Å². The maximum Gasteiger partial charge on any atom is 0.133 e. The van der Waals surface area contributed by atoms with Gasteiger partial charge in [-0.05, 0) is 59.3 Å². The van der Waals surface area contributed by atoms with Gasteiger partial charge >= 0.3 is 0 Å². The summed E-state index contributed by atoms with van der Waals surface area (Å²) in [5, 5.41) is 3.41. The molecule has 0 aromatic heterocycles. The summed E-state index contributed by atoms with van der Waals surface area (Å²) >= 11 is 3.58. The van der Waals surface area contributed by atoms with Crippen LogP contribution in [-0.2, 0) is 6.54 Å². The van der Waals surface area contributed by atoms with Gasteiger partial charge in [0.05, 0.1) is 11.1 Å². The Kier molecular flexibility index (Phi) is 8.63. The van der Waals surface area contributed by atoms with Gasteiger partial charge in [0, 0.05) is 12.6 Å². The van der Waals surface area contributed by atoms with Gasteiger partial charge in [-0.25, -0.2) is 0 Å². The van der Waals surface area contributed by atoms with Gasteiger partial charge in [-0.15, -0.1) is 6.58 Å². The van der Waals surface area contributed by atoms with Crippen molar-refractivity contribution in [1.29, 1.82) is 0 Å². The zero-order chi connectivity index (χ0) is 14.8. The van der Waals surface area contributed by atoms with E-state index in [-0.39, 0.29) is 0 Å². The number of ether oxygens (including phenoxy) is 1. The summed E-state index contributed by atoms with van der Waals surface area (Å²) in [7, 11) is 0. The maximum atomic E-state index is 5.80. The van der Waals surface area contributed by atoms with E-state index < -0.39 is 0 Å². The SMILES string of the molecule is C=CCCCCCOc1ccc(CNC(C)C)cc1Br. The molecule has 1 aromatic rings. The molecule has 0 amide bonds. The lowest BCUT2D eigenvalue weighted by Gasteiger charge is -2.11. The molecule has 0 heterocycles. The monoisotopic (exact) mass is 339 g/mol. The molecule has 0 spiro atoms. The number of hydrogen-bond donors (Lipinski definition) is 1. The van der Waals surface area contributed by atoms with Crippen LogP contribution in [0.3, 0.4) is 0 Å². The molecule has 0 aliphatic carbocycles. The second-order valence-electron chi connectivity index (χ2n) is 5.29. The minimum atomic E-state index is 0.500. The van der Waals surface area contributed by atoms with Gasteiger partial charge in [-0.2, -0.15) is 0 Å². The molecule has 20 heavy (non-hydrogen) atoms. The van der Waals surface area contributed by atoms with Crippen LogP contribution >= 0.6 is 15.9 Å². The van der Waals surface area contributed by atoms with Crippen LogP contribution in [0.15, 0.2) is 35.3 Å². The van der Waals surface area contributed by atoms with E-state index in [0.717, 1.165) is 36.2 Å². The van der Waals surface area contributed by atoms with E-state index in [1.54, 1.807) is 0 Å². The number of allylic oxidation sites excluding steroid dienone is 1. The summed E-state index contributed by atoms with van der Waals surface area (Å²) in [6.45, 7) is 9.70. The van der Waals surface area contributed by atoms with Crippen molar-refractivity contribution in [1.82, 2.24) is 5.32 Å². The second kappa shape index (κ2) is 10.0. The van der Waals surface area contributed by atoms with Gasteiger partial charge in [0.1, 0.15) is 5.75 Å². The van der Waals surface area contributed by atoms with Crippen LogP contribution < -0.4 is 10.1 Å². The molecule has 0 aliphatic heterocycles. The molecule has 1 rings (SSSR count). The quantitative estimate of drug-likeness (QED) is 0.474. The molecule has 0 fully saturated rings. The number of halogens is 1. The smallest absolute Gasteiger partial charge is 0.133 e. The summed E-state index contributed by atoms with van der Waals surface area (Å²) in [4.78, 5) is 0. The standard InChI is InChI=1S/C17H26BrNO/c1-4-5-6-7-8-11-20-17-10-9-15(12-16(17)18)13-19-14(2)3/h4,9-10,12,14,19H,1,5-8,11,13H2,2-3H3. The third kappa shape index (κ3) is 7.11. The van der Waals surface area contributed by atoms with Crippen molar-refractivity contribution < 1.29 is 4.74 Å². The van der Waals surface area contributed by atoms with Crippen LogP contribution in [0.1, 0.15) is 45.1 Å². The first kappa shape index (κ1) is 17.3. The Hall–Kier alpha value is -0.800. The number of rotatable bonds is 10. The van der Waals surface area contributed by atoms with E-state index in [9.17, 15) is 0 Å². The molecule has 0 unspecified atom stereocenters. The second-order valence-corrected chi connectivity index (χ2v) is 6.14. The molecule has 1 N–H and O–H groups in total. The highest BCUT2D eigenvalue weighted by Crippen LogP contribution is 2.26. The highest BCUT2D eigenvalue weighted by atomic mass is 79.9. The molecule has 3 heteroatoms. The first-order valence-electron chi connectivity index (χ1n) is 7.39. The molecular weight excluding hydrogens is 314 g/mol. The highest BCUT2D eigenvalue weighted by molar-refractivity contribution is 9.10. The summed E-state index contributed by atoms with van der Waals surface area (Å²) in [5.41, 5.74) is 1.27. The average Bonchev–Trinajstić information content (AvgIpc) is 2.42. The van der Waals surface area contributed by atoms with E-state index in [0.29, 0.717) is 6.04 Å². The predicted molar refractivity (Wildman–Crippen MR) is 90.3 cm³/mol. The van der Waals surface area contributed by atoms with Crippen LogP contribution in [0.4, 0.5) is 0 Å². The minimum Gasteiger partial charge on any atom is -0.492 e. The third-order valence-electron chi connectivity index (χ3n) is 3.02. The van der Waals surface area contributed by atoms with Crippen LogP contribution in [0.2, 0.25) is 0 Å². The van der Waals surface area contributed by atoms with Gasteiger partial charge in [0.2, 0.25) is 0 Å². The molecule has 0 radical (unpaired) electrons. The molecule has 0 bridgehead atoms. The first-order valence-corrected chi connectivity index (χ1v) is 8.18. The fourth-order valence-electron chi connectivity index (χ4n) is 1.84. The summed E-state index contributed by atoms with van der Waals surface area (Å²) in [6, 6.07) is 6.79. The lowest BCUT2D eigenvalue weighted by molar-refractivity contribution is 0.303. The number of benzene rings is 1. The van der Waals surface area contributed by atoms with Crippen molar-refractivity contribution in [2.75, 3.05) is 6.61 Å². The molecule has 0 saturated carbocycles. The van der Waals surface area contributed by atoms with Crippen molar-refractivity contribution in [2.24, 2.45) is 0 Å². The summed E-state index contributed by atoms with van der Waals surface area (Å²) in [5.74, 6) is 0.932. The van der Waals surface area contributed by atoms with Gasteiger partial charge in [-0.1, -0.05) is 26.0 Å². The Labute approximate surface area is 131 Å². The van der Waals surface area contributed by atoms with E-state index in [1.165, 1.54) is 18.4 Å². The number of hydrogen-bond acceptors (Lipinski definition) is 2. The Bertz CT molecular complexity index is 404. The van der Waals surface area contributed by atoms with E-state index in [1.807, 2.05) is 12.1 Å². The highest BCUT2D eigenvalue weighted by Gasteiger charge is 2.03. The molecule has 112 valence electrons. The third-order valence-corrected chi connectivity index (χ3v) is 3.64. The average molecular weight is 340 g/mol. The fraction of sp³-hybridized carbons (Fsp3) is 0.529. The minimum absolute atomic E-state index is 0.500. The topological polar surface area (TPSA) is 21.3 Å². The van der Waals surface area contributed by atoms with E-state index in [4.69, 9.17) is 4.74 Å². The fourth-order valence-corrected chi connectivity index (χ4v) is 2.38. The number of nitrogens with one attached hydrogen (secondary N) is 1. The van der Waals surface area contributed by atoms with Gasteiger partial charge in [0.15, 0.2) is 0 Å². The van der Waals surface area contributed by atoms with Crippen molar-refractivity contribution in [3.05, 3.63) is 40.9 Å². The molecule has 0 atom stereocenters. The van der Waals surface area contributed by atoms with Crippen LogP contribution in [0.5, 0.6) is 5.75 Å². The van der Waals surface area contributed by atoms with Crippen molar-refractivity contribution in [3.8, 4) is 5.75 Å². The van der Waals surface area contributed by atoms with E-state index >= 15 is 0 Å². The van der Waals surface area contributed by atoms with Crippen molar-refractivity contribution in [3.63, 3.8) is 0 Å². The molecular formula is C17H26BrNO. The predicted octanol–water partition coefficient (Wildman–Crippen LogP) is 5.07. The molecule has 1 aromatic carbocycles. The Balaban J connectivity index is 2.34. The Morgan fingerprint density at radius 3 is 2.75 bits per heavy atom. The summed E-state index contributed by atoms with van der Waals surface area (Å²) in [6.07, 6.45) is 6.56. The Morgan fingerprint density at radius 1 is 1.30 bits per heavy atom.